The molecule has 1 aromatic heterocycles. The molecule has 3 aliphatic rings. The molecular formula is C51H39NS. The summed E-state index contributed by atoms with van der Waals surface area (Å²) in [6, 6.07) is 55.8. The van der Waals surface area contributed by atoms with Crippen LogP contribution in [-0.2, 0) is 17.3 Å². The molecule has 1 spiro atoms. The predicted octanol–water partition coefficient (Wildman–Crippen LogP) is 12.6. The van der Waals surface area contributed by atoms with Crippen LogP contribution in [0.15, 0.2) is 176 Å². The molecule has 1 unspecified atom stereocenters. The number of allylic oxidation sites excluding steroid dienone is 4. The Balaban J connectivity index is 1.24. The molecule has 0 saturated carbocycles. The van der Waals surface area contributed by atoms with Gasteiger partial charge in [-0.05, 0) is 110 Å². The highest BCUT2D eigenvalue weighted by Crippen LogP contribution is 2.67. The molecule has 1 nitrogen and oxygen atoms in total. The van der Waals surface area contributed by atoms with Gasteiger partial charge in [0, 0.05) is 20.7 Å². The molecule has 1 atom stereocenters. The Hall–Kier alpha value is -5.96. The van der Waals surface area contributed by atoms with E-state index >= 15 is 0 Å². The van der Waals surface area contributed by atoms with Crippen molar-refractivity contribution in [2.45, 2.75) is 30.6 Å². The van der Waals surface area contributed by atoms with Gasteiger partial charge < -0.3 is 5.73 Å². The highest BCUT2D eigenvalue weighted by molar-refractivity contribution is 7.14. The SMILES string of the molecule is CC(/C=C(\C=C/N)c1cccc2c1-c1c(sc3c1CCC=C3)C21c2ccccc2-c2ccccc21)(c1ccccc1)c1ccc(-c2ccccc2)cc1. The largest absolute Gasteiger partial charge is 0.405 e. The lowest BCUT2D eigenvalue weighted by molar-refractivity contribution is 0.726. The van der Waals surface area contributed by atoms with Crippen molar-refractivity contribution >= 4 is 23.0 Å². The van der Waals surface area contributed by atoms with Gasteiger partial charge in [0.25, 0.3) is 0 Å². The number of nitrogens with two attached hydrogens (primary N) is 1. The van der Waals surface area contributed by atoms with Gasteiger partial charge in [-0.1, -0.05) is 164 Å². The predicted molar refractivity (Wildman–Crippen MR) is 224 cm³/mol. The summed E-state index contributed by atoms with van der Waals surface area (Å²) in [5.41, 5.74) is 23.9. The van der Waals surface area contributed by atoms with Crippen molar-refractivity contribution in [1.29, 1.82) is 0 Å². The zero-order chi connectivity index (χ0) is 35.6. The molecule has 0 fully saturated rings. The summed E-state index contributed by atoms with van der Waals surface area (Å²) in [5, 5.41) is 0. The van der Waals surface area contributed by atoms with Crippen LogP contribution in [0.25, 0.3) is 45.0 Å². The van der Waals surface area contributed by atoms with Crippen LogP contribution in [0, 0.1) is 0 Å². The van der Waals surface area contributed by atoms with Crippen molar-refractivity contribution in [2.24, 2.45) is 5.73 Å². The van der Waals surface area contributed by atoms with Gasteiger partial charge in [-0.2, -0.15) is 0 Å². The molecule has 254 valence electrons. The summed E-state index contributed by atoms with van der Waals surface area (Å²) in [4.78, 5) is 2.85. The lowest BCUT2D eigenvalue weighted by Gasteiger charge is -2.31. The minimum atomic E-state index is -0.448. The third kappa shape index (κ3) is 4.62. The van der Waals surface area contributed by atoms with Gasteiger partial charge in [0.1, 0.15) is 0 Å². The van der Waals surface area contributed by atoms with Gasteiger partial charge >= 0.3 is 0 Å². The fourth-order valence-electron chi connectivity index (χ4n) is 9.47. The van der Waals surface area contributed by atoms with Gasteiger partial charge in [-0.3, -0.25) is 0 Å². The Morgan fingerprint density at radius 3 is 1.94 bits per heavy atom. The average Bonchev–Trinajstić information content (AvgIpc) is 3.85. The van der Waals surface area contributed by atoms with Crippen LogP contribution < -0.4 is 5.73 Å². The number of hydrogen-bond donors (Lipinski definition) is 1. The molecule has 2 heteroatoms. The first-order chi connectivity index (χ1) is 26.1. The second kappa shape index (κ2) is 12.3. The zero-order valence-electron chi connectivity index (χ0n) is 29.7. The third-order valence-electron chi connectivity index (χ3n) is 11.9. The van der Waals surface area contributed by atoms with E-state index in [4.69, 9.17) is 5.73 Å². The molecule has 0 saturated heterocycles. The van der Waals surface area contributed by atoms with Gasteiger partial charge in [0.2, 0.25) is 0 Å². The molecule has 0 aliphatic heterocycles. The molecule has 1 heterocycles. The maximum absolute atomic E-state index is 6.39. The topological polar surface area (TPSA) is 26.0 Å². The van der Waals surface area contributed by atoms with E-state index in [0.29, 0.717) is 0 Å². The average molecular weight is 698 g/mol. The number of thiophene rings is 1. The molecule has 2 N–H and O–H groups in total. The monoisotopic (exact) mass is 697 g/mol. The van der Waals surface area contributed by atoms with E-state index in [-0.39, 0.29) is 5.41 Å². The van der Waals surface area contributed by atoms with Crippen LogP contribution in [0.1, 0.15) is 62.0 Å². The maximum atomic E-state index is 6.39. The van der Waals surface area contributed by atoms with E-state index in [1.54, 1.807) is 6.20 Å². The second-order valence-corrected chi connectivity index (χ2v) is 15.7. The first kappa shape index (κ1) is 31.7. The van der Waals surface area contributed by atoms with Crippen molar-refractivity contribution < 1.29 is 0 Å². The zero-order valence-corrected chi connectivity index (χ0v) is 30.5. The molecular weight excluding hydrogens is 659 g/mol. The molecule has 0 amide bonds. The molecule has 6 aromatic carbocycles. The number of benzene rings is 6. The van der Waals surface area contributed by atoms with Crippen LogP contribution in [0.4, 0.5) is 0 Å². The Labute approximate surface area is 316 Å². The highest BCUT2D eigenvalue weighted by atomic mass is 32.1. The summed E-state index contributed by atoms with van der Waals surface area (Å²) >= 11 is 2.00. The van der Waals surface area contributed by atoms with Crippen molar-refractivity contribution in [1.82, 2.24) is 0 Å². The molecule has 10 rings (SSSR count). The Kier molecular flexibility index (Phi) is 7.39. The standard InChI is InChI=1S/C51H39NS/c1-50(37-17-6-3-7-18-37,38-29-27-35(28-30-38)34-15-4-2-5-16-34)33-36(31-32-52)39-22-14-25-45-47(39)48-42-21-10-13-26-46(42)53-49(48)51(45)43-23-11-8-19-40(43)41-20-9-12-24-44(41)51/h2-9,11-20,22-33H,10,21,52H2,1H3/b32-31-,36-33+. The van der Waals surface area contributed by atoms with E-state index in [1.165, 1.54) is 82.1 Å². The number of hydrogen-bond acceptors (Lipinski definition) is 2. The summed E-state index contributed by atoms with van der Waals surface area (Å²) in [7, 11) is 0. The van der Waals surface area contributed by atoms with Crippen molar-refractivity contribution in [3.63, 3.8) is 0 Å². The molecule has 3 aliphatic carbocycles. The number of rotatable bonds is 6. The van der Waals surface area contributed by atoms with Crippen molar-refractivity contribution in [3.8, 4) is 33.4 Å². The van der Waals surface area contributed by atoms with Crippen LogP contribution in [-0.4, -0.2) is 0 Å². The van der Waals surface area contributed by atoms with Crippen molar-refractivity contribution in [2.75, 3.05) is 0 Å². The Bertz CT molecular complexity index is 2570. The summed E-state index contributed by atoms with van der Waals surface area (Å²) < 4.78 is 0. The maximum Gasteiger partial charge on any atom is 0.0819 e. The minimum Gasteiger partial charge on any atom is -0.405 e. The first-order valence-electron chi connectivity index (χ1n) is 18.6. The van der Waals surface area contributed by atoms with E-state index in [1.807, 2.05) is 11.3 Å². The molecule has 53 heavy (non-hydrogen) atoms. The van der Waals surface area contributed by atoms with Gasteiger partial charge in [0.15, 0.2) is 0 Å². The van der Waals surface area contributed by atoms with E-state index in [2.05, 4.69) is 183 Å². The first-order valence-corrected chi connectivity index (χ1v) is 19.4. The smallest absolute Gasteiger partial charge is 0.0819 e. The molecule has 0 radical (unpaired) electrons. The third-order valence-corrected chi connectivity index (χ3v) is 13.2. The summed E-state index contributed by atoms with van der Waals surface area (Å²) in [6.45, 7) is 2.35. The summed E-state index contributed by atoms with van der Waals surface area (Å²) in [5.74, 6) is 0. The van der Waals surface area contributed by atoms with Crippen LogP contribution in [0.2, 0.25) is 0 Å². The highest BCUT2D eigenvalue weighted by Gasteiger charge is 2.54. The van der Waals surface area contributed by atoms with Gasteiger partial charge in [0.05, 0.1) is 5.41 Å². The Morgan fingerprint density at radius 2 is 1.25 bits per heavy atom. The minimum absolute atomic E-state index is 0.378. The van der Waals surface area contributed by atoms with Crippen LogP contribution >= 0.6 is 11.3 Å². The normalized spacial score (nSPS) is 15.8. The lowest BCUT2D eigenvalue weighted by Crippen LogP contribution is -2.25. The van der Waals surface area contributed by atoms with E-state index in [9.17, 15) is 0 Å². The van der Waals surface area contributed by atoms with E-state index in [0.717, 1.165) is 18.4 Å². The fraction of sp³-hybridized carbons (Fsp3) is 0.0980. The number of fused-ring (bicyclic) bond motifs is 12. The van der Waals surface area contributed by atoms with Crippen LogP contribution in [0.3, 0.4) is 0 Å². The second-order valence-electron chi connectivity index (χ2n) is 14.6. The van der Waals surface area contributed by atoms with Crippen molar-refractivity contribution in [3.05, 3.63) is 225 Å². The molecule has 0 bridgehead atoms. The summed E-state index contributed by atoms with van der Waals surface area (Å²) in [6.07, 6.45) is 13.1. The van der Waals surface area contributed by atoms with E-state index < -0.39 is 5.41 Å². The van der Waals surface area contributed by atoms with Gasteiger partial charge in [-0.25, -0.2) is 0 Å². The quantitative estimate of drug-likeness (QED) is 0.172. The lowest BCUT2D eigenvalue weighted by atomic mass is 9.72. The van der Waals surface area contributed by atoms with Gasteiger partial charge in [-0.15, -0.1) is 11.3 Å². The fourth-order valence-corrected chi connectivity index (χ4v) is 11.0. The van der Waals surface area contributed by atoms with Crippen LogP contribution in [0.5, 0.6) is 0 Å². The molecule has 7 aromatic rings. The Morgan fingerprint density at radius 1 is 0.642 bits per heavy atom.